The highest BCUT2D eigenvalue weighted by atomic mass is 16.5. The molecule has 0 aromatic heterocycles. The van der Waals surface area contributed by atoms with Gasteiger partial charge in [-0.2, -0.15) is 0 Å². The Morgan fingerprint density at radius 1 is 1.50 bits per heavy atom. The van der Waals surface area contributed by atoms with Crippen LogP contribution in [0.4, 0.5) is 11.4 Å². The Morgan fingerprint density at radius 2 is 2.19 bits per heavy atom. The number of nitrogens with zero attached hydrogens (tertiary/aromatic N) is 1. The second-order valence-corrected chi connectivity index (χ2v) is 4.11. The number of nitrogens with two attached hydrogens (primary N) is 1. The Bertz CT molecular complexity index is 413. The summed E-state index contributed by atoms with van der Waals surface area (Å²) in [5.41, 5.74) is 8.05. The Hall–Kier alpha value is -1.71. The molecule has 1 aliphatic carbocycles. The molecule has 0 atom stereocenters. The SMILES string of the molecule is COC(=O)c1ccc(N)c(N(C)C2CC2)c1. The summed E-state index contributed by atoms with van der Waals surface area (Å²) in [5.74, 6) is -0.328. The van der Waals surface area contributed by atoms with Crippen molar-refractivity contribution in [3.8, 4) is 0 Å². The molecule has 4 heteroatoms. The first kappa shape index (κ1) is 10.8. The van der Waals surface area contributed by atoms with Gasteiger partial charge in [0, 0.05) is 13.1 Å². The van der Waals surface area contributed by atoms with Gasteiger partial charge in [-0.05, 0) is 31.0 Å². The molecular weight excluding hydrogens is 204 g/mol. The Labute approximate surface area is 95.0 Å². The van der Waals surface area contributed by atoms with Crippen molar-refractivity contribution in [3.05, 3.63) is 23.8 Å². The highest BCUT2D eigenvalue weighted by molar-refractivity contribution is 5.92. The van der Waals surface area contributed by atoms with Gasteiger partial charge < -0.3 is 15.4 Å². The van der Waals surface area contributed by atoms with Gasteiger partial charge in [0.15, 0.2) is 0 Å². The van der Waals surface area contributed by atoms with Gasteiger partial charge in [0.25, 0.3) is 0 Å². The van der Waals surface area contributed by atoms with E-state index in [0.717, 1.165) is 5.69 Å². The van der Waals surface area contributed by atoms with Gasteiger partial charge in [-0.15, -0.1) is 0 Å². The molecule has 2 rings (SSSR count). The molecular formula is C12H16N2O2. The zero-order chi connectivity index (χ0) is 11.7. The lowest BCUT2D eigenvalue weighted by Gasteiger charge is -2.21. The maximum Gasteiger partial charge on any atom is 0.337 e. The predicted octanol–water partition coefficient (Wildman–Crippen LogP) is 1.65. The smallest absolute Gasteiger partial charge is 0.337 e. The molecule has 0 saturated heterocycles. The summed E-state index contributed by atoms with van der Waals surface area (Å²) >= 11 is 0. The summed E-state index contributed by atoms with van der Waals surface area (Å²) in [6, 6.07) is 5.79. The second kappa shape index (κ2) is 4.04. The molecule has 0 heterocycles. The Morgan fingerprint density at radius 3 is 2.75 bits per heavy atom. The monoisotopic (exact) mass is 220 g/mol. The maximum absolute atomic E-state index is 11.4. The van der Waals surface area contributed by atoms with Crippen LogP contribution in [-0.2, 0) is 4.74 Å². The standard InChI is InChI=1S/C12H16N2O2/c1-14(9-4-5-9)11-7-8(12(15)16-2)3-6-10(11)13/h3,6-7,9H,4-5,13H2,1-2H3. The molecule has 1 fully saturated rings. The van der Waals surface area contributed by atoms with E-state index >= 15 is 0 Å². The Kier molecular flexibility index (Phi) is 2.73. The van der Waals surface area contributed by atoms with Crippen LogP contribution in [0.15, 0.2) is 18.2 Å². The number of ether oxygens (including phenoxy) is 1. The third kappa shape index (κ3) is 1.96. The number of anilines is 2. The summed E-state index contributed by atoms with van der Waals surface area (Å²) in [4.78, 5) is 13.5. The summed E-state index contributed by atoms with van der Waals surface area (Å²) < 4.78 is 4.69. The van der Waals surface area contributed by atoms with Crippen LogP contribution in [0.5, 0.6) is 0 Å². The first-order valence-electron chi connectivity index (χ1n) is 5.34. The minimum atomic E-state index is -0.328. The predicted molar refractivity (Wildman–Crippen MR) is 63.6 cm³/mol. The van der Waals surface area contributed by atoms with Crippen molar-refractivity contribution >= 4 is 17.3 Å². The van der Waals surface area contributed by atoms with Crippen LogP contribution < -0.4 is 10.6 Å². The van der Waals surface area contributed by atoms with E-state index in [1.807, 2.05) is 7.05 Å². The molecule has 1 aliphatic rings. The lowest BCUT2D eigenvalue weighted by molar-refractivity contribution is 0.0601. The summed E-state index contributed by atoms with van der Waals surface area (Å²) in [6.07, 6.45) is 2.39. The van der Waals surface area contributed by atoms with E-state index in [2.05, 4.69) is 9.64 Å². The van der Waals surface area contributed by atoms with Crippen LogP contribution in [0.3, 0.4) is 0 Å². The van der Waals surface area contributed by atoms with Crippen molar-refractivity contribution in [2.45, 2.75) is 18.9 Å². The molecule has 0 unspecified atom stereocenters. The number of hydrogen-bond acceptors (Lipinski definition) is 4. The third-order valence-electron chi connectivity index (χ3n) is 2.93. The van der Waals surface area contributed by atoms with Gasteiger partial charge in [-0.1, -0.05) is 0 Å². The number of nitrogen functional groups attached to an aromatic ring is 1. The highest BCUT2D eigenvalue weighted by Gasteiger charge is 2.27. The van der Waals surface area contributed by atoms with Gasteiger partial charge in [0.1, 0.15) is 0 Å². The van der Waals surface area contributed by atoms with E-state index in [1.165, 1.54) is 20.0 Å². The van der Waals surface area contributed by atoms with Crippen LogP contribution in [0.25, 0.3) is 0 Å². The number of hydrogen-bond donors (Lipinski definition) is 1. The molecule has 2 N–H and O–H groups in total. The molecule has 0 bridgehead atoms. The molecule has 1 aromatic rings. The third-order valence-corrected chi connectivity index (χ3v) is 2.93. The van der Waals surface area contributed by atoms with Crippen molar-refractivity contribution < 1.29 is 9.53 Å². The van der Waals surface area contributed by atoms with Crippen molar-refractivity contribution in [1.29, 1.82) is 0 Å². The molecule has 1 aromatic carbocycles. The molecule has 1 saturated carbocycles. The van der Waals surface area contributed by atoms with Crippen molar-refractivity contribution in [2.75, 3.05) is 24.8 Å². The van der Waals surface area contributed by atoms with Gasteiger partial charge in [-0.25, -0.2) is 4.79 Å². The van der Waals surface area contributed by atoms with Crippen LogP contribution in [0, 0.1) is 0 Å². The van der Waals surface area contributed by atoms with E-state index in [1.54, 1.807) is 18.2 Å². The molecule has 0 amide bonds. The molecule has 0 spiro atoms. The van der Waals surface area contributed by atoms with Crippen molar-refractivity contribution in [3.63, 3.8) is 0 Å². The van der Waals surface area contributed by atoms with Crippen LogP contribution in [0.2, 0.25) is 0 Å². The molecule has 86 valence electrons. The van der Waals surface area contributed by atoms with E-state index < -0.39 is 0 Å². The quantitative estimate of drug-likeness (QED) is 0.621. The zero-order valence-corrected chi connectivity index (χ0v) is 9.56. The second-order valence-electron chi connectivity index (χ2n) is 4.11. The van der Waals surface area contributed by atoms with Gasteiger partial charge in [0.2, 0.25) is 0 Å². The zero-order valence-electron chi connectivity index (χ0n) is 9.56. The average Bonchev–Trinajstić information content (AvgIpc) is 3.11. The van der Waals surface area contributed by atoms with Crippen LogP contribution in [0.1, 0.15) is 23.2 Å². The van der Waals surface area contributed by atoms with E-state index in [-0.39, 0.29) is 5.97 Å². The van der Waals surface area contributed by atoms with Gasteiger partial charge >= 0.3 is 5.97 Å². The first-order chi connectivity index (χ1) is 7.63. The number of methoxy groups -OCH3 is 1. The van der Waals surface area contributed by atoms with E-state index in [0.29, 0.717) is 17.3 Å². The minimum Gasteiger partial charge on any atom is -0.465 e. The Balaban J connectivity index is 2.31. The minimum absolute atomic E-state index is 0.328. The molecule has 4 nitrogen and oxygen atoms in total. The number of carbonyl (C=O) groups excluding carboxylic acids is 1. The van der Waals surface area contributed by atoms with E-state index in [4.69, 9.17) is 5.73 Å². The largest absolute Gasteiger partial charge is 0.465 e. The summed E-state index contributed by atoms with van der Waals surface area (Å²) in [5, 5.41) is 0. The maximum atomic E-state index is 11.4. The normalized spacial score (nSPS) is 14.6. The topological polar surface area (TPSA) is 55.6 Å². The lowest BCUT2D eigenvalue weighted by atomic mass is 10.1. The fourth-order valence-electron chi connectivity index (χ4n) is 1.75. The molecule has 0 radical (unpaired) electrons. The fraction of sp³-hybridized carbons (Fsp3) is 0.417. The molecule has 16 heavy (non-hydrogen) atoms. The van der Waals surface area contributed by atoms with Crippen LogP contribution >= 0.6 is 0 Å². The van der Waals surface area contributed by atoms with Crippen molar-refractivity contribution in [2.24, 2.45) is 0 Å². The average molecular weight is 220 g/mol. The van der Waals surface area contributed by atoms with Gasteiger partial charge in [-0.3, -0.25) is 0 Å². The summed E-state index contributed by atoms with van der Waals surface area (Å²) in [6.45, 7) is 0. The molecule has 0 aliphatic heterocycles. The highest BCUT2D eigenvalue weighted by Crippen LogP contribution is 2.33. The van der Waals surface area contributed by atoms with Crippen LogP contribution in [-0.4, -0.2) is 26.2 Å². The van der Waals surface area contributed by atoms with E-state index in [9.17, 15) is 4.79 Å². The van der Waals surface area contributed by atoms with Crippen molar-refractivity contribution in [1.82, 2.24) is 0 Å². The first-order valence-corrected chi connectivity index (χ1v) is 5.34. The lowest BCUT2D eigenvalue weighted by Crippen LogP contribution is -2.21. The summed E-state index contributed by atoms with van der Waals surface area (Å²) in [7, 11) is 3.38. The fourth-order valence-corrected chi connectivity index (χ4v) is 1.75. The van der Waals surface area contributed by atoms with Gasteiger partial charge in [0.05, 0.1) is 24.0 Å². The number of benzene rings is 1. The number of carbonyl (C=O) groups is 1. The number of rotatable bonds is 3. The number of esters is 1.